The van der Waals surface area contributed by atoms with Gasteiger partial charge in [0.25, 0.3) is 0 Å². The third kappa shape index (κ3) is 1.86. The van der Waals surface area contributed by atoms with E-state index in [2.05, 4.69) is 11.6 Å². The molecule has 0 unspecified atom stereocenters. The molecule has 0 aromatic heterocycles. The molecule has 74 valence electrons. The molecule has 1 aliphatic rings. The van der Waals surface area contributed by atoms with Crippen LogP contribution in [0.2, 0.25) is 0 Å². The van der Waals surface area contributed by atoms with Gasteiger partial charge in [0.15, 0.2) is 5.70 Å². The highest BCUT2D eigenvalue weighted by Crippen LogP contribution is 2.15. The fourth-order valence-electron chi connectivity index (χ4n) is 1.24. The van der Waals surface area contributed by atoms with Gasteiger partial charge in [0.2, 0.25) is 5.90 Å². The highest BCUT2D eigenvalue weighted by atomic mass is 16.6. The predicted octanol–water partition coefficient (Wildman–Crippen LogP) is 2.06. The Kier molecular flexibility index (Phi) is 2.46. The molecule has 0 saturated carbocycles. The van der Waals surface area contributed by atoms with E-state index in [-0.39, 0.29) is 5.70 Å². The van der Waals surface area contributed by atoms with E-state index in [4.69, 9.17) is 4.74 Å². The summed E-state index contributed by atoms with van der Waals surface area (Å²) in [5, 5.41) is 0. The molecule has 3 nitrogen and oxygen atoms in total. The Balaban J connectivity index is 2.35. The average molecular weight is 199 g/mol. The minimum absolute atomic E-state index is 0.281. The van der Waals surface area contributed by atoms with Gasteiger partial charge in [-0.3, -0.25) is 0 Å². The summed E-state index contributed by atoms with van der Waals surface area (Å²) in [6.07, 6.45) is 3.03. The van der Waals surface area contributed by atoms with Crippen LogP contribution in [0.1, 0.15) is 5.56 Å². The Morgan fingerprint density at radius 3 is 2.67 bits per heavy atom. The highest BCUT2D eigenvalue weighted by molar-refractivity contribution is 6.11. The second-order valence-electron chi connectivity index (χ2n) is 2.96. The van der Waals surface area contributed by atoms with Crippen molar-refractivity contribution in [3.8, 4) is 0 Å². The zero-order valence-corrected chi connectivity index (χ0v) is 8.01. The van der Waals surface area contributed by atoms with Crippen LogP contribution < -0.4 is 0 Å². The van der Waals surface area contributed by atoms with Crippen molar-refractivity contribution in [2.45, 2.75) is 0 Å². The molecule has 1 aromatic carbocycles. The van der Waals surface area contributed by atoms with Crippen LogP contribution in [0, 0.1) is 0 Å². The number of cyclic esters (lactones) is 1. The molecule has 0 N–H and O–H groups in total. The first kappa shape index (κ1) is 9.40. The van der Waals surface area contributed by atoms with Crippen molar-refractivity contribution < 1.29 is 9.53 Å². The first-order chi connectivity index (χ1) is 7.31. The van der Waals surface area contributed by atoms with Gasteiger partial charge in [-0.25, -0.2) is 9.79 Å². The SMILES string of the molecule is C=CC=C1N=C(c2ccccc2)OC1=O. The van der Waals surface area contributed by atoms with Crippen molar-refractivity contribution in [3.05, 3.63) is 60.3 Å². The van der Waals surface area contributed by atoms with Gasteiger partial charge in [0, 0.05) is 5.56 Å². The lowest BCUT2D eigenvalue weighted by Gasteiger charge is -1.97. The predicted molar refractivity (Wildman–Crippen MR) is 57.4 cm³/mol. The molecule has 1 heterocycles. The Bertz CT molecular complexity index is 458. The maximum Gasteiger partial charge on any atom is 0.363 e. The molecule has 1 aliphatic heterocycles. The number of allylic oxidation sites excluding steroid dienone is 2. The van der Waals surface area contributed by atoms with E-state index in [1.54, 1.807) is 0 Å². The van der Waals surface area contributed by atoms with Gasteiger partial charge in [0.05, 0.1) is 0 Å². The summed E-state index contributed by atoms with van der Waals surface area (Å²) in [5.41, 5.74) is 1.07. The van der Waals surface area contributed by atoms with Crippen LogP contribution in [-0.2, 0) is 9.53 Å². The summed E-state index contributed by atoms with van der Waals surface area (Å²) in [6, 6.07) is 9.29. The number of rotatable bonds is 2. The van der Waals surface area contributed by atoms with Crippen molar-refractivity contribution in [1.82, 2.24) is 0 Å². The van der Waals surface area contributed by atoms with Crippen LogP contribution in [0.5, 0.6) is 0 Å². The summed E-state index contributed by atoms with van der Waals surface area (Å²) >= 11 is 0. The van der Waals surface area contributed by atoms with Crippen LogP contribution >= 0.6 is 0 Å². The van der Waals surface area contributed by atoms with E-state index in [1.165, 1.54) is 12.2 Å². The third-order valence-corrected chi connectivity index (χ3v) is 1.92. The standard InChI is InChI=1S/C12H9NO2/c1-2-6-10-12(14)15-11(13-10)9-7-4-3-5-8-9/h2-8H,1H2. The van der Waals surface area contributed by atoms with E-state index in [0.29, 0.717) is 5.90 Å². The first-order valence-electron chi connectivity index (χ1n) is 4.50. The summed E-state index contributed by atoms with van der Waals surface area (Å²) < 4.78 is 5.01. The van der Waals surface area contributed by atoms with E-state index in [9.17, 15) is 4.79 Å². The molecule has 1 aromatic rings. The molecule has 0 bridgehead atoms. The van der Waals surface area contributed by atoms with E-state index in [1.807, 2.05) is 30.3 Å². The second kappa shape index (κ2) is 3.92. The maximum absolute atomic E-state index is 11.3. The van der Waals surface area contributed by atoms with Gasteiger partial charge in [-0.15, -0.1) is 0 Å². The minimum atomic E-state index is -0.436. The van der Waals surface area contributed by atoms with E-state index >= 15 is 0 Å². The van der Waals surface area contributed by atoms with Gasteiger partial charge >= 0.3 is 5.97 Å². The number of benzene rings is 1. The van der Waals surface area contributed by atoms with Crippen LogP contribution in [0.4, 0.5) is 0 Å². The second-order valence-corrected chi connectivity index (χ2v) is 2.96. The monoisotopic (exact) mass is 199 g/mol. The van der Waals surface area contributed by atoms with Crippen molar-refractivity contribution in [2.24, 2.45) is 4.99 Å². The number of carbonyl (C=O) groups excluding carboxylic acids is 1. The average Bonchev–Trinajstić information content (AvgIpc) is 2.63. The van der Waals surface area contributed by atoms with Crippen LogP contribution in [0.3, 0.4) is 0 Å². The number of nitrogens with zero attached hydrogens (tertiary/aromatic N) is 1. The molecule has 0 radical (unpaired) electrons. The number of hydrogen-bond acceptors (Lipinski definition) is 3. The summed E-state index contributed by atoms with van der Waals surface area (Å²) in [5.74, 6) is -0.0950. The number of aliphatic imine (C=N–C) groups is 1. The van der Waals surface area contributed by atoms with Gasteiger partial charge in [-0.1, -0.05) is 30.9 Å². The molecule has 0 saturated heterocycles. The molecule has 0 atom stereocenters. The van der Waals surface area contributed by atoms with Crippen molar-refractivity contribution in [1.29, 1.82) is 0 Å². The Hall–Kier alpha value is -2.16. The Labute approximate surface area is 87.4 Å². The summed E-state index contributed by atoms with van der Waals surface area (Å²) in [4.78, 5) is 15.4. The molecule has 0 spiro atoms. The molecule has 15 heavy (non-hydrogen) atoms. The molecule has 0 fully saturated rings. The van der Waals surface area contributed by atoms with Gasteiger partial charge < -0.3 is 4.74 Å². The number of ether oxygens (including phenoxy) is 1. The van der Waals surface area contributed by atoms with Crippen molar-refractivity contribution >= 4 is 11.9 Å². The van der Waals surface area contributed by atoms with E-state index < -0.39 is 5.97 Å². The fourth-order valence-corrected chi connectivity index (χ4v) is 1.24. The lowest BCUT2D eigenvalue weighted by Crippen LogP contribution is -2.04. The lowest BCUT2D eigenvalue weighted by molar-refractivity contribution is -0.130. The molecular weight excluding hydrogens is 190 g/mol. The van der Waals surface area contributed by atoms with Crippen molar-refractivity contribution in [2.75, 3.05) is 0 Å². The van der Waals surface area contributed by atoms with Gasteiger partial charge in [-0.05, 0) is 18.2 Å². The van der Waals surface area contributed by atoms with Gasteiger partial charge in [-0.2, -0.15) is 0 Å². The number of esters is 1. The fraction of sp³-hybridized carbons (Fsp3) is 0. The zero-order valence-electron chi connectivity index (χ0n) is 8.01. The molecule has 2 rings (SSSR count). The number of carbonyl (C=O) groups is 1. The third-order valence-electron chi connectivity index (χ3n) is 1.92. The highest BCUT2D eigenvalue weighted by Gasteiger charge is 2.22. The molecule has 3 heteroatoms. The maximum atomic E-state index is 11.3. The Morgan fingerprint density at radius 2 is 2.00 bits per heavy atom. The van der Waals surface area contributed by atoms with Crippen LogP contribution in [-0.4, -0.2) is 11.9 Å². The normalized spacial score (nSPS) is 17.5. The summed E-state index contributed by atoms with van der Waals surface area (Å²) in [7, 11) is 0. The van der Waals surface area contributed by atoms with Crippen LogP contribution in [0.15, 0.2) is 59.8 Å². The Morgan fingerprint density at radius 1 is 1.27 bits per heavy atom. The smallest absolute Gasteiger partial charge is 0.363 e. The number of hydrogen-bond donors (Lipinski definition) is 0. The van der Waals surface area contributed by atoms with E-state index in [0.717, 1.165) is 5.56 Å². The first-order valence-corrected chi connectivity index (χ1v) is 4.50. The largest absolute Gasteiger partial charge is 0.402 e. The summed E-state index contributed by atoms with van der Waals surface area (Å²) in [6.45, 7) is 3.50. The molecule has 0 aliphatic carbocycles. The molecule has 0 amide bonds. The van der Waals surface area contributed by atoms with Crippen molar-refractivity contribution in [3.63, 3.8) is 0 Å². The van der Waals surface area contributed by atoms with Crippen LogP contribution in [0.25, 0.3) is 0 Å². The van der Waals surface area contributed by atoms with Gasteiger partial charge in [0.1, 0.15) is 0 Å². The minimum Gasteiger partial charge on any atom is -0.402 e. The topological polar surface area (TPSA) is 38.7 Å². The molecular formula is C12H9NO2. The lowest BCUT2D eigenvalue weighted by atomic mass is 10.2. The quantitative estimate of drug-likeness (QED) is 0.540. The zero-order chi connectivity index (χ0) is 10.7.